The Hall–Kier alpha value is -1.79. The van der Waals surface area contributed by atoms with Gasteiger partial charge in [0.25, 0.3) is 0 Å². The first-order valence-corrected chi connectivity index (χ1v) is 6.39. The fraction of sp³-hybridized carbons (Fsp3) is 0.429. The zero-order chi connectivity index (χ0) is 15.1. The molecule has 0 aromatic heterocycles. The Kier molecular flexibility index (Phi) is 8.42. The van der Waals surface area contributed by atoms with E-state index in [1.54, 1.807) is 25.2 Å². The van der Waals surface area contributed by atoms with Crippen molar-refractivity contribution < 1.29 is 14.3 Å². The van der Waals surface area contributed by atoms with Gasteiger partial charge in [0.1, 0.15) is 5.75 Å². The number of methoxy groups -OCH3 is 1. The minimum atomic E-state index is -0.172. The fourth-order valence-corrected chi connectivity index (χ4v) is 1.74. The summed E-state index contributed by atoms with van der Waals surface area (Å²) in [6.07, 6.45) is 0. The first kappa shape index (κ1) is 19.2. The number of hydrogen-bond donors (Lipinski definition) is 3. The van der Waals surface area contributed by atoms with Crippen molar-refractivity contribution in [3.05, 3.63) is 18.2 Å². The van der Waals surface area contributed by atoms with Gasteiger partial charge in [0.05, 0.1) is 12.8 Å². The van der Waals surface area contributed by atoms with Gasteiger partial charge in [-0.15, -0.1) is 12.4 Å². The maximum atomic E-state index is 12.0. The van der Waals surface area contributed by atoms with E-state index in [0.717, 1.165) is 0 Å². The van der Waals surface area contributed by atoms with Gasteiger partial charge in [-0.25, -0.2) is 0 Å². The zero-order valence-electron chi connectivity index (χ0n) is 12.6. The van der Waals surface area contributed by atoms with Crippen LogP contribution in [0, 0.1) is 5.92 Å². The zero-order valence-corrected chi connectivity index (χ0v) is 13.5. The minimum Gasteiger partial charge on any atom is -0.495 e. The molecule has 0 aliphatic carbocycles. The fourth-order valence-electron chi connectivity index (χ4n) is 1.74. The smallest absolute Gasteiger partial charge is 0.228 e. The van der Waals surface area contributed by atoms with Crippen molar-refractivity contribution in [3.63, 3.8) is 0 Å². The molecule has 0 saturated carbocycles. The van der Waals surface area contributed by atoms with Gasteiger partial charge >= 0.3 is 0 Å². The molecule has 21 heavy (non-hydrogen) atoms. The van der Waals surface area contributed by atoms with Crippen molar-refractivity contribution in [2.75, 3.05) is 31.3 Å². The van der Waals surface area contributed by atoms with Gasteiger partial charge in [-0.05, 0) is 25.2 Å². The summed E-state index contributed by atoms with van der Waals surface area (Å²) in [6, 6.07) is 5.08. The van der Waals surface area contributed by atoms with Crippen LogP contribution >= 0.6 is 12.4 Å². The van der Waals surface area contributed by atoms with Gasteiger partial charge in [-0.3, -0.25) is 9.59 Å². The van der Waals surface area contributed by atoms with Crippen LogP contribution in [0.25, 0.3) is 0 Å². The van der Waals surface area contributed by atoms with Crippen molar-refractivity contribution in [2.24, 2.45) is 5.92 Å². The Morgan fingerprint density at radius 3 is 2.48 bits per heavy atom. The molecule has 0 aliphatic heterocycles. The summed E-state index contributed by atoms with van der Waals surface area (Å²) in [6.45, 7) is 3.84. The van der Waals surface area contributed by atoms with Crippen LogP contribution in [0.1, 0.15) is 13.8 Å². The highest BCUT2D eigenvalue weighted by atomic mass is 35.5. The lowest BCUT2D eigenvalue weighted by atomic mass is 10.1. The van der Waals surface area contributed by atoms with Gasteiger partial charge < -0.3 is 20.7 Å². The summed E-state index contributed by atoms with van der Waals surface area (Å²) in [5, 5.41) is 8.42. The lowest BCUT2D eigenvalue weighted by Gasteiger charge is -2.15. The Morgan fingerprint density at radius 2 is 1.95 bits per heavy atom. The third-order valence-corrected chi connectivity index (χ3v) is 2.74. The molecule has 1 rings (SSSR count). The van der Waals surface area contributed by atoms with Gasteiger partial charge in [0, 0.05) is 25.1 Å². The topological polar surface area (TPSA) is 79.5 Å². The highest BCUT2D eigenvalue weighted by Crippen LogP contribution is 2.28. The number of carbonyl (C=O) groups excluding carboxylic acids is 2. The van der Waals surface area contributed by atoms with Gasteiger partial charge in [0.2, 0.25) is 11.8 Å². The van der Waals surface area contributed by atoms with Crippen molar-refractivity contribution in [3.8, 4) is 5.75 Å². The van der Waals surface area contributed by atoms with Crippen LogP contribution in [0.4, 0.5) is 11.4 Å². The number of anilines is 2. The van der Waals surface area contributed by atoms with Gasteiger partial charge in [-0.1, -0.05) is 6.92 Å². The molecule has 0 spiro atoms. The molecular formula is C14H22ClN3O3. The molecule has 0 aliphatic rings. The molecule has 1 atom stereocenters. The number of ether oxygens (including phenoxy) is 1. The second-order valence-corrected chi connectivity index (χ2v) is 4.54. The molecule has 3 N–H and O–H groups in total. The van der Waals surface area contributed by atoms with Gasteiger partial charge in [0.15, 0.2) is 0 Å². The van der Waals surface area contributed by atoms with Crippen LogP contribution in [0.2, 0.25) is 0 Å². The Balaban J connectivity index is 0.00000400. The molecule has 0 bridgehead atoms. The first-order chi connectivity index (χ1) is 9.47. The van der Waals surface area contributed by atoms with Crippen LogP contribution in [-0.2, 0) is 9.59 Å². The van der Waals surface area contributed by atoms with E-state index in [1.165, 1.54) is 14.0 Å². The summed E-state index contributed by atoms with van der Waals surface area (Å²) >= 11 is 0. The molecule has 7 heteroatoms. The quantitative estimate of drug-likeness (QED) is 0.749. The summed E-state index contributed by atoms with van der Waals surface area (Å²) in [4.78, 5) is 23.1. The molecule has 118 valence electrons. The van der Waals surface area contributed by atoms with Gasteiger partial charge in [-0.2, -0.15) is 0 Å². The molecule has 6 nitrogen and oxygen atoms in total. The number of amides is 2. The average molecular weight is 316 g/mol. The van der Waals surface area contributed by atoms with Crippen molar-refractivity contribution >= 4 is 35.6 Å². The van der Waals surface area contributed by atoms with E-state index >= 15 is 0 Å². The molecule has 1 aromatic carbocycles. The summed E-state index contributed by atoms with van der Waals surface area (Å²) < 4.78 is 5.20. The number of benzene rings is 1. The SMILES string of the molecule is CNCC(C)C(=O)Nc1cc(NC(C)=O)ccc1OC.Cl. The van der Waals surface area contributed by atoms with Crippen LogP contribution in [0.5, 0.6) is 5.75 Å². The summed E-state index contributed by atoms with van der Waals surface area (Å²) in [5.74, 6) is 0.0897. The highest BCUT2D eigenvalue weighted by molar-refractivity contribution is 5.96. The summed E-state index contributed by atoms with van der Waals surface area (Å²) in [5.41, 5.74) is 1.14. The number of halogens is 1. The van der Waals surface area contributed by atoms with Crippen LogP contribution in [0.3, 0.4) is 0 Å². The van der Waals surface area contributed by atoms with Crippen LogP contribution in [-0.4, -0.2) is 32.5 Å². The second kappa shape index (κ2) is 9.20. The van der Waals surface area contributed by atoms with E-state index in [2.05, 4.69) is 16.0 Å². The molecule has 0 fully saturated rings. The molecule has 0 heterocycles. The third-order valence-electron chi connectivity index (χ3n) is 2.74. The average Bonchev–Trinajstić information content (AvgIpc) is 2.38. The second-order valence-electron chi connectivity index (χ2n) is 4.54. The van der Waals surface area contributed by atoms with Crippen molar-refractivity contribution in [1.82, 2.24) is 5.32 Å². The van der Waals surface area contributed by atoms with Crippen LogP contribution in [0.15, 0.2) is 18.2 Å². The predicted octanol–water partition coefficient (Wildman–Crippen LogP) is 1.87. The van der Waals surface area contributed by atoms with E-state index in [1.807, 2.05) is 6.92 Å². The lowest BCUT2D eigenvalue weighted by Crippen LogP contribution is -2.28. The van der Waals surface area contributed by atoms with E-state index in [4.69, 9.17) is 4.74 Å². The Labute approximate surface area is 131 Å². The standard InChI is InChI=1S/C14H21N3O3.ClH/c1-9(8-15-3)14(19)17-12-7-11(16-10(2)18)5-6-13(12)20-4;/h5-7,9,15H,8H2,1-4H3,(H,16,18)(H,17,19);1H. The van der Waals surface area contributed by atoms with E-state index in [-0.39, 0.29) is 30.1 Å². The number of hydrogen-bond acceptors (Lipinski definition) is 4. The van der Waals surface area contributed by atoms with Crippen molar-refractivity contribution in [1.29, 1.82) is 0 Å². The molecule has 1 unspecified atom stereocenters. The molecule has 0 saturated heterocycles. The Morgan fingerprint density at radius 1 is 1.29 bits per heavy atom. The largest absolute Gasteiger partial charge is 0.495 e. The molecular weight excluding hydrogens is 294 g/mol. The third kappa shape index (κ3) is 6.01. The normalized spacial score (nSPS) is 11.0. The maximum Gasteiger partial charge on any atom is 0.228 e. The lowest BCUT2D eigenvalue weighted by molar-refractivity contribution is -0.119. The maximum absolute atomic E-state index is 12.0. The van der Waals surface area contributed by atoms with E-state index in [0.29, 0.717) is 23.7 Å². The van der Waals surface area contributed by atoms with Crippen LogP contribution < -0.4 is 20.7 Å². The minimum absolute atomic E-state index is 0. The molecule has 0 radical (unpaired) electrons. The van der Waals surface area contributed by atoms with E-state index in [9.17, 15) is 9.59 Å². The van der Waals surface area contributed by atoms with E-state index < -0.39 is 0 Å². The first-order valence-electron chi connectivity index (χ1n) is 6.39. The number of nitrogens with one attached hydrogen (secondary N) is 3. The highest BCUT2D eigenvalue weighted by Gasteiger charge is 2.14. The molecule has 1 aromatic rings. The Bertz CT molecular complexity index is 494. The monoisotopic (exact) mass is 315 g/mol. The summed E-state index contributed by atoms with van der Waals surface area (Å²) in [7, 11) is 3.32. The number of rotatable bonds is 6. The molecule has 2 amide bonds. The number of carbonyl (C=O) groups is 2. The predicted molar refractivity (Wildman–Crippen MR) is 86.3 cm³/mol. The van der Waals surface area contributed by atoms with Crippen molar-refractivity contribution in [2.45, 2.75) is 13.8 Å².